The van der Waals surface area contributed by atoms with Crippen LogP contribution in [0.3, 0.4) is 0 Å². The fourth-order valence-corrected chi connectivity index (χ4v) is 2.19. The van der Waals surface area contributed by atoms with Crippen LogP contribution in [0.1, 0.15) is 21.5 Å². The van der Waals surface area contributed by atoms with Gasteiger partial charge in [-0.05, 0) is 50.2 Å². The summed E-state index contributed by atoms with van der Waals surface area (Å²) >= 11 is 0. The lowest BCUT2D eigenvalue weighted by atomic mass is 10.0. The zero-order valence-corrected chi connectivity index (χ0v) is 12.2. The van der Waals surface area contributed by atoms with Crippen LogP contribution in [-0.4, -0.2) is 19.5 Å². The van der Waals surface area contributed by atoms with Crippen molar-refractivity contribution in [3.05, 3.63) is 65.0 Å². The molecular formula is C17H19FN2O. The molecule has 21 heavy (non-hydrogen) atoms. The Bertz CT molecular complexity index is 620. The number of halogens is 1. The Balaban J connectivity index is 2.25. The predicted molar refractivity (Wildman–Crippen MR) is 83.2 cm³/mol. The number of amides is 1. The standard InChI is InChI=1S/C17H19FN2O/c1-12-6-5-9-15(18)16(12)20-17(21)14-8-4-3-7-13(14)10-11-19-2/h3-9,19H,10-11H2,1-2H3,(H,20,21). The first-order valence-electron chi connectivity index (χ1n) is 6.92. The number of benzene rings is 2. The van der Waals surface area contributed by atoms with Gasteiger partial charge in [0.05, 0.1) is 5.69 Å². The molecule has 1 amide bonds. The van der Waals surface area contributed by atoms with Gasteiger partial charge in [0.25, 0.3) is 5.91 Å². The molecule has 0 atom stereocenters. The Kier molecular flexibility index (Phi) is 5.06. The molecule has 110 valence electrons. The SMILES string of the molecule is CNCCc1ccccc1C(=O)Nc1c(C)cccc1F. The molecule has 0 saturated heterocycles. The Morgan fingerprint density at radius 1 is 1.14 bits per heavy atom. The second kappa shape index (κ2) is 6.99. The number of hydrogen-bond acceptors (Lipinski definition) is 2. The molecule has 0 bridgehead atoms. The third-order valence-corrected chi connectivity index (χ3v) is 3.37. The van der Waals surface area contributed by atoms with Crippen LogP contribution >= 0.6 is 0 Å². The first-order valence-corrected chi connectivity index (χ1v) is 6.92. The highest BCUT2D eigenvalue weighted by Gasteiger charge is 2.14. The molecule has 0 radical (unpaired) electrons. The van der Waals surface area contributed by atoms with Gasteiger partial charge >= 0.3 is 0 Å². The topological polar surface area (TPSA) is 41.1 Å². The molecule has 0 fully saturated rings. The third-order valence-electron chi connectivity index (χ3n) is 3.37. The van der Waals surface area contributed by atoms with E-state index in [2.05, 4.69) is 10.6 Å². The van der Waals surface area contributed by atoms with E-state index in [-0.39, 0.29) is 11.6 Å². The molecule has 2 aromatic carbocycles. The van der Waals surface area contributed by atoms with Crippen LogP contribution in [0.25, 0.3) is 0 Å². The number of likely N-dealkylation sites (N-methyl/N-ethyl adjacent to an activating group) is 1. The summed E-state index contributed by atoms with van der Waals surface area (Å²) in [7, 11) is 1.87. The molecule has 0 aliphatic carbocycles. The molecule has 0 spiro atoms. The summed E-state index contributed by atoms with van der Waals surface area (Å²) in [6.45, 7) is 2.55. The fourth-order valence-electron chi connectivity index (χ4n) is 2.19. The van der Waals surface area contributed by atoms with Crippen LogP contribution in [0, 0.1) is 12.7 Å². The van der Waals surface area contributed by atoms with Crippen LogP contribution in [0.15, 0.2) is 42.5 Å². The summed E-state index contributed by atoms with van der Waals surface area (Å²) in [5.74, 6) is -0.703. The van der Waals surface area contributed by atoms with Crippen molar-refractivity contribution < 1.29 is 9.18 Å². The van der Waals surface area contributed by atoms with Gasteiger partial charge in [-0.25, -0.2) is 4.39 Å². The van der Waals surface area contributed by atoms with Gasteiger partial charge in [-0.2, -0.15) is 0 Å². The molecule has 0 aromatic heterocycles. The maximum absolute atomic E-state index is 13.8. The highest BCUT2D eigenvalue weighted by Crippen LogP contribution is 2.20. The van der Waals surface area contributed by atoms with E-state index < -0.39 is 5.82 Å². The summed E-state index contributed by atoms with van der Waals surface area (Å²) in [5.41, 5.74) is 2.47. The maximum Gasteiger partial charge on any atom is 0.256 e. The lowest BCUT2D eigenvalue weighted by molar-refractivity contribution is 0.102. The molecular weight excluding hydrogens is 267 g/mol. The van der Waals surface area contributed by atoms with E-state index in [1.54, 1.807) is 25.1 Å². The average molecular weight is 286 g/mol. The maximum atomic E-state index is 13.8. The zero-order chi connectivity index (χ0) is 15.2. The van der Waals surface area contributed by atoms with E-state index in [0.717, 1.165) is 18.5 Å². The second-order valence-corrected chi connectivity index (χ2v) is 4.90. The van der Waals surface area contributed by atoms with Crippen molar-refractivity contribution in [2.24, 2.45) is 0 Å². The Labute approximate surface area is 124 Å². The molecule has 3 nitrogen and oxygen atoms in total. The molecule has 0 aliphatic rings. The average Bonchev–Trinajstić information content (AvgIpc) is 2.49. The van der Waals surface area contributed by atoms with Crippen molar-refractivity contribution in [1.82, 2.24) is 5.32 Å². The van der Waals surface area contributed by atoms with Crippen LogP contribution in [0.2, 0.25) is 0 Å². The van der Waals surface area contributed by atoms with Crippen LogP contribution < -0.4 is 10.6 Å². The van der Waals surface area contributed by atoms with Crippen molar-refractivity contribution in [2.75, 3.05) is 18.9 Å². The van der Waals surface area contributed by atoms with Crippen molar-refractivity contribution in [3.63, 3.8) is 0 Å². The molecule has 0 unspecified atom stereocenters. The normalized spacial score (nSPS) is 10.4. The number of hydrogen-bond donors (Lipinski definition) is 2. The summed E-state index contributed by atoms with van der Waals surface area (Å²) in [5, 5.41) is 5.74. The molecule has 0 aliphatic heterocycles. The minimum Gasteiger partial charge on any atom is -0.319 e. The lowest BCUT2D eigenvalue weighted by Crippen LogP contribution is -2.18. The second-order valence-electron chi connectivity index (χ2n) is 4.90. The molecule has 2 rings (SSSR count). The van der Waals surface area contributed by atoms with Gasteiger partial charge in [0, 0.05) is 5.56 Å². The summed E-state index contributed by atoms with van der Waals surface area (Å²) < 4.78 is 13.8. The quantitative estimate of drug-likeness (QED) is 0.886. The van der Waals surface area contributed by atoms with Crippen LogP contribution in [-0.2, 0) is 6.42 Å². The third kappa shape index (κ3) is 3.67. The fraction of sp³-hybridized carbons (Fsp3) is 0.235. The Morgan fingerprint density at radius 2 is 1.90 bits per heavy atom. The smallest absolute Gasteiger partial charge is 0.256 e. The van der Waals surface area contributed by atoms with E-state index in [4.69, 9.17) is 0 Å². The van der Waals surface area contributed by atoms with Gasteiger partial charge in [-0.3, -0.25) is 4.79 Å². The van der Waals surface area contributed by atoms with Gasteiger partial charge in [0.1, 0.15) is 5.82 Å². The zero-order valence-electron chi connectivity index (χ0n) is 12.2. The summed E-state index contributed by atoms with van der Waals surface area (Å²) in [6.07, 6.45) is 0.746. The molecule has 0 heterocycles. The monoisotopic (exact) mass is 286 g/mol. The van der Waals surface area contributed by atoms with Crippen LogP contribution in [0.4, 0.5) is 10.1 Å². The number of carbonyl (C=O) groups excluding carboxylic acids is 1. The lowest BCUT2D eigenvalue weighted by Gasteiger charge is -2.12. The van der Waals surface area contributed by atoms with E-state index in [1.807, 2.05) is 25.2 Å². The number of rotatable bonds is 5. The van der Waals surface area contributed by atoms with E-state index >= 15 is 0 Å². The van der Waals surface area contributed by atoms with Gasteiger partial charge in [-0.1, -0.05) is 30.3 Å². The van der Waals surface area contributed by atoms with Crippen molar-refractivity contribution in [3.8, 4) is 0 Å². The van der Waals surface area contributed by atoms with Crippen molar-refractivity contribution in [2.45, 2.75) is 13.3 Å². The van der Waals surface area contributed by atoms with Crippen LogP contribution in [0.5, 0.6) is 0 Å². The number of para-hydroxylation sites is 1. The highest BCUT2D eigenvalue weighted by molar-refractivity contribution is 6.05. The first kappa shape index (κ1) is 15.2. The minimum absolute atomic E-state index is 0.242. The van der Waals surface area contributed by atoms with Crippen molar-refractivity contribution >= 4 is 11.6 Å². The molecule has 2 N–H and O–H groups in total. The number of anilines is 1. The minimum atomic E-state index is -0.420. The van der Waals surface area contributed by atoms with E-state index in [9.17, 15) is 9.18 Å². The van der Waals surface area contributed by atoms with Gasteiger partial charge < -0.3 is 10.6 Å². The Hall–Kier alpha value is -2.20. The first-order chi connectivity index (χ1) is 10.1. The van der Waals surface area contributed by atoms with Gasteiger partial charge in [0.2, 0.25) is 0 Å². The summed E-state index contributed by atoms with van der Waals surface area (Å²) in [6, 6.07) is 12.1. The largest absolute Gasteiger partial charge is 0.319 e. The van der Waals surface area contributed by atoms with Crippen molar-refractivity contribution in [1.29, 1.82) is 0 Å². The van der Waals surface area contributed by atoms with E-state index in [1.165, 1.54) is 6.07 Å². The van der Waals surface area contributed by atoms with E-state index in [0.29, 0.717) is 11.1 Å². The predicted octanol–water partition coefficient (Wildman–Crippen LogP) is 3.15. The highest BCUT2D eigenvalue weighted by atomic mass is 19.1. The van der Waals surface area contributed by atoms with Gasteiger partial charge in [0.15, 0.2) is 0 Å². The number of nitrogens with one attached hydrogen (secondary N) is 2. The number of aryl methyl sites for hydroxylation is 1. The molecule has 4 heteroatoms. The molecule has 2 aromatic rings. The number of carbonyl (C=O) groups is 1. The van der Waals surface area contributed by atoms with Gasteiger partial charge in [-0.15, -0.1) is 0 Å². The molecule has 0 saturated carbocycles. The summed E-state index contributed by atoms with van der Waals surface area (Å²) in [4.78, 5) is 12.4. The Morgan fingerprint density at radius 3 is 2.62 bits per heavy atom.